The highest BCUT2D eigenvalue weighted by atomic mass is 19.1. The number of amides is 1. The number of carbonyl (C=O) groups excluding carboxylic acids is 1. The molecule has 1 aliphatic heterocycles. The lowest BCUT2D eigenvalue weighted by Crippen LogP contribution is -2.42. The molecule has 1 amide bonds. The molecule has 1 atom stereocenters. The Morgan fingerprint density at radius 2 is 2.30 bits per heavy atom. The molecule has 1 unspecified atom stereocenters. The number of hydrogen-bond acceptors (Lipinski definition) is 3. The number of nitrogens with zero attached hydrogens (tertiary/aromatic N) is 1. The van der Waals surface area contributed by atoms with Crippen molar-refractivity contribution in [2.45, 2.75) is 25.9 Å². The van der Waals surface area contributed by atoms with Crippen molar-refractivity contribution in [3.8, 4) is 0 Å². The van der Waals surface area contributed by atoms with E-state index >= 15 is 0 Å². The van der Waals surface area contributed by atoms with Crippen LogP contribution in [0.25, 0.3) is 11.0 Å². The van der Waals surface area contributed by atoms with Crippen molar-refractivity contribution in [2.75, 3.05) is 13.1 Å². The molecule has 0 bridgehead atoms. The van der Waals surface area contributed by atoms with E-state index in [1.807, 2.05) is 0 Å². The van der Waals surface area contributed by atoms with Gasteiger partial charge in [0.25, 0.3) is 5.91 Å². The van der Waals surface area contributed by atoms with E-state index in [9.17, 15) is 14.3 Å². The Kier molecular flexibility index (Phi) is 3.22. The summed E-state index contributed by atoms with van der Waals surface area (Å²) in [5, 5.41) is 10.3. The van der Waals surface area contributed by atoms with Crippen LogP contribution in [0.5, 0.6) is 0 Å². The second-order valence-corrected chi connectivity index (χ2v) is 5.22. The summed E-state index contributed by atoms with van der Waals surface area (Å²) in [6.07, 6.45) is 0.979. The molecule has 2 heterocycles. The lowest BCUT2D eigenvalue weighted by molar-refractivity contribution is 0.0449. The molecule has 106 valence electrons. The Labute approximate surface area is 115 Å². The van der Waals surface area contributed by atoms with Crippen molar-refractivity contribution in [1.29, 1.82) is 0 Å². The molecule has 3 rings (SSSR count). The van der Waals surface area contributed by atoms with Crippen LogP contribution in [-0.4, -0.2) is 35.1 Å². The van der Waals surface area contributed by atoms with E-state index in [4.69, 9.17) is 4.42 Å². The van der Waals surface area contributed by atoms with Crippen molar-refractivity contribution in [1.82, 2.24) is 4.90 Å². The van der Waals surface area contributed by atoms with Crippen molar-refractivity contribution in [3.05, 3.63) is 35.3 Å². The Balaban J connectivity index is 1.99. The maximum atomic E-state index is 13.7. The number of piperidine rings is 1. The van der Waals surface area contributed by atoms with Crippen LogP contribution in [0.3, 0.4) is 0 Å². The number of carbonyl (C=O) groups is 1. The summed E-state index contributed by atoms with van der Waals surface area (Å²) in [5.74, 6) is -0.584. The lowest BCUT2D eigenvalue weighted by Gasteiger charge is -2.29. The maximum Gasteiger partial charge on any atom is 0.289 e. The normalized spacial score (nSPS) is 19.6. The highest BCUT2D eigenvalue weighted by molar-refractivity contribution is 5.99. The maximum absolute atomic E-state index is 13.7. The molecule has 0 radical (unpaired) electrons. The predicted octanol–water partition coefficient (Wildman–Crippen LogP) is 2.48. The van der Waals surface area contributed by atoms with Gasteiger partial charge in [-0.1, -0.05) is 12.1 Å². The fourth-order valence-corrected chi connectivity index (χ4v) is 2.70. The number of aliphatic hydroxyl groups is 1. The molecule has 0 saturated carbocycles. The number of hydrogen-bond donors (Lipinski definition) is 1. The molecule has 5 heteroatoms. The van der Waals surface area contributed by atoms with Crippen LogP contribution >= 0.6 is 0 Å². The molecule has 2 aromatic rings. The van der Waals surface area contributed by atoms with Gasteiger partial charge in [0.15, 0.2) is 17.2 Å². The molecule has 1 aliphatic rings. The first-order valence-corrected chi connectivity index (χ1v) is 6.73. The van der Waals surface area contributed by atoms with Gasteiger partial charge in [-0.2, -0.15) is 0 Å². The first kappa shape index (κ1) is 13.1. The minimum Gasteiger partial charge on any atom is -0.448 e. The number of furan rings is 1. The standard InChI is InChI=1S/C15H16FNO3/c1-9-11-5-2-6-12(16)14(11)20-13(9)15(19)17-7-3-4-10(18)8-17/h2,5-6,10,18H,3-4,7-8H2,1H3. The minimum absolute atomic E-state index is 0.117. The first-order chi connectivity index (χ1) is 9.58. The number of rotatable bonds is 1. The molecular formula is C15H16FNO3. The second kappa shape index (κ2) is 4.90. The molecule has 1 aromatic carbocycles. The van der Waals surface area contributed by atoms with Crippen molar-refractivity contribution in [3.63, 3.8) is 0 Å². The average Bonchev–Trinajstić information content (AvgIpc) is 2.77. The molecule has 0 aliphatic carbocycles. The number of likely N-dealkylation sites (tertiary alicyclic amines) is 1. The highest BCUT2D eigenvalue weighted by Crippen LogP contribution is 2.28. The van der Waals surface area contributed by atoms with Gasteiger partial charge in [-0.25, -0.2) is 4.39 Å². The van der Waals surface area contributed by atoms with Gasteiger partial charge < -0.3 is 14.4 Å². The number of aryl methyl sites for hydroxylation is 1. The van der Waals surface area contributed by atoms with Gasteiger partial charge in [-0.3, -0.25) is 4.79 Å². The molecule has 1 fully saturated rings. The van der Waals surface area contributed by atoms with Crippen LogP contribution in [-0.2, 0) is 0 Å². The van der Waals surface area contributed by atoms with E-state index in [2.05, 4.69) is 0 Å². The van der Waals surface area contributed by atoms with Crippen LogP contribution < -0.4 is 0 Å². The zero-order valence-electron chi connectivity index (χ0n) is 11.2. The molecule has 1 saturated heterocycles. The average molecular weight is 277 g/mol. The molecule has 0 spiro atoms. The topological polar surface area (TPSA) is 53.7 Å². The van der Waals surface area contributed by atoms with Gasteiger partial charge in [0.05, 0.1) is 6.10 Å². The van der Waals surface area contributed by atoms with Crippen LogP contribution in [0.2, 0.25) is 0 Å². The Hall–Kier alpha value is -1.88. The zero-order valence-corrected chi connectivity index (χ0v) is 11.2. The largest absolute Gasteiger partial charge is 0.448 e. The van der Waals surface area contributed by atoms with Crippen LogP contribution in [0.1, 0.15) is 29.0 Å². The quantitative estimate of drug-likeness (QED) is 0.871. The van der Waals surface area contributed by atoms with E-state index in [1.165, 1.54) is 6.07 Å². The molecule has 1 N–H and O–H groups in total. The van der Waals surface area contributed by atoms with Gasteiger partial charge in [0, 0.05) is 24.0 Å². The van der Waals surface area contributed by atoms with E-state index in [-0.39, 0.29) is 17.3 Å². The van der Waals surface area contributed by atoms with Gasteiger partial charge >= 0.3 is 0 Å². The summed E-state index contributed by atoms with van der Waals surface area (Å²) < 4.78 is 19.1. The second-order valence-electron chi connectivity index (χ2n) is 5.22. The molecule has 4 nitrogen and oxygen atoms in total. The van der Waals surface area contributed by atoms with Crippen molar-refractivity contribution in [2.24, 2.45) is 0 Å². The fraction of sp³-hybridized carbons (Fsp3) is 0.400. The summed E-state index contributed by atoms with van der Waals surface area (Å²) in [5.41, 5.74) is 0.760. The minimum atomic E-state index is -0.492. The van der Waals surface area contributed by atoms with Gasteiger partial charge in [-0.05, 0) is 25.8 Å². The molecule has 1 aromatic heterocycles. The predicted molar refractivity (Wildman–Crippen MR) is 72.1 cm³/mol. The van der Waals surface area contributed by atoms with Crippen molar-refractivity contribution >= 4 is 16.9 Å². The first-order valence-electron chi connectivity index (χ1n) is 6.73. The van der Waals surface area contributed by atoms with Gasteiger partial charge in [0.1, 0.15) is 0 Å². The lowest BCUT2D eigenvalue weighted by atomic mass is 10.1. The summed E-state index contributed by atoms with van der Waals surface area (Å²) in [6, 6.07) is 4.64. The number of halogens is 1. The number of fused-ring (bicyclic) bond motifs is 1. The fourth-order valence-electron chi connectivity index (χ4n) is 2.70. The van der Waals surface area contributed by atoms with Crippen LogP contribution in [0.4, 0.5) is 4.39 Å². The number of β-amino-alcohol motifs (C(OH)–C–C–N with tert-alkyl or cyclic N) is 1. The van der Waals surface area contributed by atoms with E-state index < -0.39 is 11.9 Å². The monoisotopic (exact) mass is 277 g/mol. The van der Waals surface area contributed by atoms with E-state index in [1.54, 1.807) is 24.0 Å². The Bertz CT molecular complexity index is 664. The summed E-state index contributed by atoms with van der Waals surface area (Å²) in [6.45, 7) is 2.64. The summed E-state index contributed by atoms with van der Waals surface area (Å²) >= 11 is 0. The third-order valence-corrected chi connectivity index (χ3v) is 3.79. The summed E-state index contributed by atoms with van der Waals surface area (Å²) in [4.78, 5) is 14.0. The van der Waals surface area contributed by atoms with E-state index in [0.717, 1.165) is 6.42 Å². The third kappa shape index (κ3) is 2.08. The van der Waals surface area contributed by atoms with Crippen LogP contribution in [0.15, 0.2) is 22.6 Å². The Morgan fingerprint density at radius 1 is 1.50 bits per heavy atom. The Morgan fingerprint density at radius 3 is 3.00 bits per heavy atom. The SMILES string of the molecule is Cc1c(C(=O)N2CCCC(O)C2)oc2c(F)cccc12. The van der Waals surface area contributed by atoms with Gasteiger partial charge in [-0.15, -0.1) is 0 Å². The molecular weight excluding hydrogens is 261 g/mol. The van der Waals surface area contributed by atoms with Crippen LogP contribution in [0, 0.1) is 12.7 Å². The number of benzene rings is 1. The zero-order chi connectivity index (χ0) is 14.3. The smallest absolute Gasteiger partial charge is 0.289 e. The molecule has 20 heavy (non-hydrogen) atoms. The van der Waals surface area contributed by atoms with Gasteiger partial charge in [0.2, 0.25) is 0 Å². The summed E-state index contributed by atoms with van der Waals surface area (Å²) in [7, 11) is 0. The third-order valence-electron chi connectivity index (χ3n) is 3.79. The highest BCUT2D eigenvalue weighted by Gasteiger charge is 2.27. The number of para-hydroxylation sites is 1. The van der Waals surface area contributed by atoms with E-state index in [0.29, 0.717) is 30.5 Å². The number of aliphatic hydroxyl groups excluding tert-OH is 1. The van der Waals surface area contributed by atoms with Crippen molar-refractivity contribution < 1.29 is 18.7 Å².